The van der Waals surface area contributed by atoms with Gasteiger partial charge < -0.3 is 5.73 Å². The highest BCUT2D eigenvalue weighted by atomic mass is 35.5. The van der Waals surface area contributed by atoms with Crippen molar-refractivity contribution in [1.82, 2.24) is 20.2 Å². The van der Waals surface area contributed by atoms with Gasteiger partial charge in [0.05, 0.1) is 16.8 Å². The highest BCUT2D eigenvalue weighted by molar-refractivity contribution is 6.33. The number of aromatic nitrogens is 4. The molecule has 0 bridgehead atoms. The number of halogens is 1. The van der Waals surface area contributed by atoms with Crippen LogP contribution in [0.25, 0.3) is 11.4 Å². The Hall–Kier alpha value is -1.62. The first-order valence-corrected chi connectivity index (χ1v) is 7.90. The molecule has 1 saturated carbocycles. The molecule has 0 saturated heterocycles. The molecule has 0 spiro atoms. The van der Waals surface area contributed by atoms with Gasteiger partial charge in [-0.2, -0.15) is 0 Å². The molecule has 1 heterocycles. The number of hydrogen-bond acceptors (Lipinski definition) is 4. The van der Waals surface area contributed by atoms with Crippen LogP contribution in [0, 0.1) is 5.92 Å². The van der Waals surface area contributed by atoms with E-state index in [2.05, 4.69) is 22.4 Å². The minimum absolute atomic E-state index is 0.358. The number of hydrogen-bond donors (Lipinski definition) is 1. The van der Waals surface area contributed by atoms with E-state index in [0.717, 1.165) is 30.1 Å². The number of nitrogens with two attached hydrogens (primary N) is 1. The van der Waals surface area contributed by atoms with E-state index in [1.807, 2.05) is 16.8 Å². The fourth-order valence-corrected chi connectivity index (χ4v) is 3.32. The van der Waals surface area contributed by atoms with Gasteiger partial charge in [-0.3, -0.25) is 0 Å². The molecular formula is C15H20ClN5. The van der Waals surface area contributed by atoms with Crippen LogP contribution >= 0.6 is 11.6 Å². The van der Waals surface area contributed by atoms with E-state index in [1.54, 1.807) is 6.07 Å². The van der Waals surface area contributed by atoms with Gasteiger partial charge in [0.1, 0.15) is 0 Å². The zero-order valence-corrected chi connectivity index (χ0v) is 12.9. The van der Waals surface area contributed by atoms with E-state index in [0.29, 0.717) is 16.8 Å². The van der Waals surface area contributed by atoms with E-state index in [1.165, 1.54) is 19.3 Å². The number of tetrazole rings is 1. The maximum atomic E-state index is 6.10. The smallest absolute Gasteiger partial charge is 0.184 e. The van der Waals surface area contributed by atoms with Gasteiger partial charge in [-0.15, -0.1) is 5.10 Å². The fraction of sp³-hybridized carbons (Fsp3) is 0.533. The fourth-order valence-electron chi connectivity index (χ4n) is 3.15. The van der Waals surface area contributed by atoms with Crippen LogP contribution in [0.5, 0.6) is 0 Å². The van der Waals surface area contributed by atoms with Gasteiger partial charge in [-0.05, 0) is 54.2 Å². The quantitative estimate of drug-likeness (QED) is 0.877. The molecule has 112 valence electrons. The summed E-state index contributed by atoms with van der Waals surface area (Å²) in [6.07, 6.45) is 5.99. The van der Waals surface area contributed by atoms with Gasteiger partial charge in [0.2, 0.25) is 0 Å². The lowest BCUT2D eigenvalue weighted by Gasteiger charge is -2.28. The molecule has 1 aromatic heterocycles. The number of rotatable bonds is 3. The monoisotopic (exact) mass is 305 g/mol. The summed E-state index contributed by atoms with van der Waals surface area (Å²) in [6.45, 7) is 2.26. The molecule has 1 aliphatic rings. The second-order valence-corrected chi connectivity index (χ2v) is 6.14. The normalized spacial score (nSPS) is 22.4. The maximum Gasteiger partial charge on any atom is 0.184 e. The summed E-state index contributed by atoms with van der Waals surface area (Å²) in [6, 6.07) is 5.93. The lowest BCUT2D eigenvalue weighted by atomic mass is 9.84. The molecule has 5 nitrogen and oxygen atoms in total. The molecule has 6 heteroatoms. The molecule has 0 aliphatic heterocycles. The Bertz CT molecular complexity index is 616. The van der Waals surface area contributed by atoms with E-state index < -0.39 is 0 Å². The Morgan fingerprint density at radius 2 is 2.05 bits per heavy atom. The van der Waals surface area contributed by atoms with Crippen LogP contribution in [0.4, 0.5) is 5.69 Å². The number of benzene rings is 1. The first-order chi connectivity index (χ1) is 10.2. The van der Waals surface area contributed by atoms with Crippen LogP contribution in [-0.4, -0.2) is 20.2 Å². The van der Waals surface area contributed by atoms with Crippen molar-refractivity contribution in [3.05, 3.63) is 23.2 Å². The number of anilines is 1. The van der Waals surface area contributed by atoms with Gasteiger partial charge in [-0.25, -0.2) is 4.68 Å². The highest BCUT2D eigenvalue weighted by Gasteiger charge is 2.25. The number of nitrogen functional groups attached to an aromatic ring is 1. The Morgan fingerprint density at radius 1 is 1.29 bits per heavy atom. The first-order valence-electron chi connectivity index (χ1n) is 7.53. The first kappa shape index (κ1) is 14.3. The summed E-state index contributed by atoms with van der Waals surface area (Å²) >= 11 is 6.10. The van der Waals surface area contributed by atoms with Gasteiger partial charge >= 0.3 is 0 Å². The summed E-state index contributed by atoms with van der Waals surface area (Å²) in [7, 11) is 0. The van der Waals surface area contributed by atoms with Crippen molar-refractivity contribution in [3.8, 4) is 11.4 Å². The zero-order valence-electron chi connectivity index (χ0n) is 12.2. The Labute approximate surface area is 129 Å². The van der Waals surface area contributed by atoms with Crippen LogP contribution in [0.3, 0.4) is 0 Å². The Morgan fingerprint density at radius 3 is 2.76 bits per heavy atom. The predicted octanol–water partition coefficient (Wildman–Crippen LogP) is 3.72. The second kappa shape index (κ2) is 6.02. The summed E-state index contributed by atoms with van der Waals surface area (Å²) in [4.78, 5) is 0. The molecule has 3 rings (SSSR count). The molecule has 0 radical (unpaired) electrons. The average Bonchev–Trinajstić information content (AvgIpc) is 2.99. The zero-order chi connectivity index (χ0) is 14.8. The number of para-hydroxylation sites is 1. The van der Waals surface area contributed by atoms with Gasteiger partial charge in [0.25, 0.3) is 0 Å². The van der Waals surface area contributed by atoms with Crippen LogP contribution < -0.4 is 5.73 Å². The topological polar surface area (TPSA) is 69.6 Å². The largest absolute Gasteiger partial charge is 0.397 e. The van der Waals surface area contributed by atoms with Gasteiger partial charge in [-0.1, -0.05) is 31.0 Å². The van der Waals surface area contributed by atoms with Gasteiger partial charge in [0.15, 0.2) is 5.82 Å². The van der Waals surface area contributed by atoms with Crippen LogP contribution in [-0.2, 0) is 0 Å². The van der Waals surface area contributed by atoms with Gasteiger partial charge in [0, 0.05) is 5.56 Å². The third kappa shape index (κ3) is 2.75. The van der Waals surface area contributed by atoms with E-state index >= 15 is 0 Å². The van der Waals surface area contributed by atoms with Crippen molar-refractivity contribution in [1.29, 1.82) is 0 Å². The third-order valence-corrected chi connectivity index (χ3v) is 4.86. The third-order valence-electron chi connectivity index (χ3n) is 4.53. The van der Waals surface area contributed by atoms with Crippen molar-refractivity contribution in [2.24, 2.45) is 5.92 Å². The molecule has 21 heavy (non-hydrogen) atoms. The molecule has 1 aliphatic carbocycles. The lowest BCUT2D eigenvalue weighted by molar-refractivity contribution is 0.255. The Balaban J connectivity index is 1.90. The van der Waals surface area contributed by atoms with E-state index in [9.17, 15) is 0 Å². The minimum atomic E-state index is 0.358. The van der Waals surface area contributed by atoms with Crippen LogP contribution in [0.1, 0.15) is 45.1 Å². The van der Waals surface area contributed by atoms with Crippen LogP contribution in [0.2, 0.25) is 5.02 Å². The summed E-state index contributed by atoms with van der Waals surface area (Å²) < 4.78 is 1.92. The van der Waals surface area contributed by atoms with Crippen molar-refractivity contribution in [3.63, 3.8) is 0 Å². The summed E-state index contributed by atoms with van der Waals surface area (Å²) in [5, 5.41) is 12.7. The second-order valence-electron chi connectivity index (χ2n) is 5.73. The molecule has 1 fully saturated rings. The minimum Gasteiger partial charge on any atom is -0.397 e. The standard InChI is InChI=1S/C15H20ClN5/c1-2-10-6-8-11(9-7-10)21-15(18-19-20-21)12-4-3-5-13(16)14(12)17/h3-5,10-11H,2,6-9,17H2,1H3. The van der Waals surface area contributed by atoms with Crippen molar-refractivity contribution in [2.75, 3.05) is 5.73 Å². The van der Waals surface area contributed by atoms with E-state index in [-0.39, 0.29) is 0 Å². The highest BCUT2D eigenvalue weighted by Crippen LogP contribution is 2.36. The average molecular weight is 306 g/mol. The molecule has 0 unspecified atom stereocenters. The summed E-state index contributed by atoms with van der Waals surface area (Å²) in [5.74, 6) is 1.56. The maximum absolute atomic E-state index is 6.10. The molecule has 0 amide bonds. The number of nitrogens with zero attached hydrogens (tertiary/aromatic N) is 4. The van der Waals surface area contributed by atoms with E-state index in [4.69, 9.17) is 17.3 Å². The van der Waals surface area contributed by atoms with Crippen molar-refractivity contribution < 1.29 is 0 Å². The lowest BCUT2D eigenvalue weighted by Crippen LogP contribution is -2.20. The molecule has 2 N–H and O–H groups in total. The van der Waals surface area contributed by atoms with Crippen LogP contribution in [0.15, 0.2) is 18.2 Å². The SMILES string of the molecule is CCC1CCC(n2nnnc2-c2cccc(Cl)c2N)CC1. The molecule has 2 aromatic rings. The molecule has 1 aromatic carbocycles. The predicted molar refractivity (Wildman–Crippen MR) is 84.0 cm³/mol. The molecular weight excluding hydrogens is 286 g/mol. The van der Waals surface area contributed by atoms with Crippen molar-refractivity contribution in [2.45, 2.75) is 45.1 Å². The summed E-state index contributed by atoms with van der Waals surface area (Å²) in [5.41, 5.74) is 7.42. The Kier molecular flexibility index (Phi) is 4.10. The molecule has 0 atom stereocenters. The van der Waals surface area contributed by atoms with Crippen molar-refractivity contribution >= 4 is 17.3 Å².